The molecule has 1 amide bonds. The molecule has 0 heterocycles. The molecule has 20 heavy (non-hydrogen) atoms. The predicted octanol–water partition coefficient (Wildman–Crippen LogP) is 3.20. The van der Waals surface area contributed by atoms with Crippen molar-refractivity contribution in [3.8, 4) is 5.75 Å². The van der Waals surface area contributed by atoms with Crippen LogP contribution in [0.5, 0.6) is 5.75 Å². The van der Waals surface area contributed by atoms with Gasteiger partial charge in [-0.05, 0) is 63.6 Å². The van der Waals surface area contributed by atoms with E-state index < -0.39 is 6.10 Å². The fraction of sp³-hybridized carbons (Fsp3) is 0.588. The van der Waals surface area contributed by atoms with Crippen molar-refractivity contribution < 1.29 is 9.53 Å². The Morgan fingerprint density at radius 1 is 1.25 bits per heavy atom. The van der Waals surface area contributed by atoms with Gasteiger partial charge in [0.2, 0.25) is 0 Å². The van der Waals surface area contributed by atoms with Gasteiger partial charge in [-0.1, -0.05) is 12.1 Å². The molecule has 0 N–H and O–H groups in total. The summed E-state index contributed by atoms with van der Waals surface area (Å²) in [6, 6.07) is 6.21. The van der Waals surface area contributed by atoms with Gasteiger partial charge in [-0.3, -0.25) is 4.79 Å². The minimum absolute atomic E-state index is 0.0726. The quantitative estimate of drug-likeness (QED) is 0.826. The minimum atomic E-state index is -0.414. The van der Waals surface area contributed by atoms with E-state index in [-0.39, 0.29) is 5.91 Å². The van der Waals surface area contributed by atoms with Crippen molar-refractivity contribution in [3.05, 3.63) is 29.3 Å². The second-order valence-electron chi connectivity index (χ2n) is 5.37. The van der Waals surface area contributed by atoms with Crippen molar-refractivity contribution in [1.29, 1.82) is 0 Å². The molecule has 0 saturated carbocycles. The first-order chi connectivity index (χ1) is 9.67. The number of carbonyl (C=O) groups excluding carboxylic acids is 1. The summed E-state index contributed by atoms with van der Waals surface area (Å²) in [7, 11) is 0. The number of amides is 1. The zero-order valence-electron chi connectivity index (χ0n) is 12.8. The number of benzene rings is 1. The Morgan fingerprint density at radius 3 is 2.65 bits per heavy atom. The van der Waals surface area contributed by atoms with Crippen molar-refractivity contribution in [2.24, 2.45) is 0 Å². The molecule has 0 aromatic heterocycles. The molecular formula is C17H25NO2. The van der Waals surface area contributed by atoms with Crippen LogP contribution in [0.1, 0.15) is 44.7 Å². The van der Waals surface area contributed by atoms with Gasteiger partial charge >= 0.3 is 0 Å². The molecule has 0 radical (unpaired) electrons. The van der Waals surface area contributed by atoms with Crippen LogP contribution in [0.25, 0.3) is 0 Å². The summed E-state index contributed by atoms with van der Waals surface area (Å²) < 4.78 is 5.97. The third kappa shape index (κ3) is 3.14. The summed E-state index contributed by atoms with van der Waals surface area (Å²) >= 11 is 0. The molecule has 1 aliphatic carbocycles. The van der Waals surface area contributed by atoms with E-state index in [2.05, 4.69) is 6.07 Å². The molecule has 1 aromatic carbocycles. The fourth-order valence-corrected chi connectivity index (χ4v) is 2.89. The third-order valence-corrected chi connectivity index (χ3v) is 4.08. The monoisotopic (exact) mass is 275 g/mol. The van der Waals surface area contributed by atoms with Crippen LogP contribution < -0.4 is 4.74 Å². The summed E-state index contributed by atoms with van der Waals surface area (Å²) in [5, 5.41) is 0. The maximum atomic E-state index is 12.3. The van der Waals surface area contributed by atoms with E-state index in [9.17, 15) is 4.79 Å². The third-order valence-electron chi connectivity index (χ3n) is 4.08. The second kappa shape index (κ2) is 6.78. The largest absolute Gasteiger partial charge is 0.481 e. The van der Waals surface area contributed by atoms with E-state index in [1.165, 1.54) is 24.0 Å². The Hall–Kier alpha value is -1.51. The van der Waals surface area contributed by atoms with E-state index in [0.717, 1.165) is 31.7 Å². The zero-order chi connectivity index (χ0) is 14.5. The number of likely N-dealkylation sites (N-methyl/N-ethyl adjacent to an activating group) is 1. The summed E-state index contributed by atoms with van der Waals surface area (Å²) in [6.07, 6.45) is 4.25. The number of hydrogen-bond donors (Lipinski definition) is 0. The molecular weight excluding hydrogens is 250 g/mol. The molecule has 1 atom stereocenters. The Kier molecular flexibility index (Phi) is 5.05. The number of rotatable bonds is 5. The van der Waals surface area contributed by atoms with Crippen molar-refractivity contribution in [2.75, 3.05) is 13.1 Å². The maximum absolute atomic E-state index is 12.3. The first-order valence-corrected chi connectivity index (χ1v) is 7.73. The van der Waals surface area contributed by atoms with Crippen LogP contribution >= 0.6 is 0 Å². The minimum Gasteiger partial charge on any atom is -0.481 e. The number of hydrogen-bond acceptors (Lipinski definition) is 2. The number of carbonyl (C=O) groups is 1. The van der Waals surface area contributed by atoms with Gasteiger partial charge in [0.25, 0.3) is 5.91 Å². The lowest BCUT2D eigenvalue weighted by atomic mass is 9.91. The van der Waals surface area contributed by atoms with Crippen LogP contribution in [0.3, 0.4) is 0 Å². The van der Waals surface area contributed by atoms with Crippen molar-refractivity contribution >= 4 is 5.91 Å². The van der Waals surface area contributed by atoms with Gasteiger partial charge in [0.1, 0.15) is 5.75 Å². The predicted molar refractivity (Wildman–Crippen MR) is 81.1 cm³/mol. The first kappa shape index (κ1) is 14.9. The topological polar surface area (TPSA) is 29.5 Å². The van der Waals surface area contributed by atoms with E-state index in [0.29, 0.717) is 0 Å². The second-order valence-corrected chi connectivity index (χ2v) is 5.37. The maximum Gasteiger partial charge on any atom is 0.263 e. The average Bonchev–Trinajstić information content (AvgIpc) is 2.48. The van der Waals surface area contributed by atoms with Crippen LogP contribution in [0, 0.1) is 0 Å². The molecule has 0 fully saturated rings. The van der Waals surface area contributed by atoms with E-state index in [1.807, 2.05) is 37.8 Å². The lowest BCUT2D eigenvalue weighted by molar-refractivity contribution is -0.137. The summed E-state index contributed by atoms with van der Waals surface area (Å²) in [4.78, 5) is 14.1. The molecule has 3 nitrogen and oxygen atoms in total. The lowest BCUT2D eigenvalue weighted by Gasteiger charge is -2.25. The highest BCUT2D eigenvalue weighted by Crippen LogP contribution is 2.30. The number of aryl methyl sites for hydroxylation is 1. The molecule has 0 unspecified atom stereocenters. The normalized spacial score (nSPS) is 15.3. The smallest absolute Gasteiger partial charge is 0.263 e. The van der Waals surface area contributed by atoms with Crippen LogP contribution in [0.4, 0.5) is 0 Å². The highest BCUT2D eigenvalue weighted by molar-refractivity contribution is 5.80. The summed E-state index contributed by atoms with van der Waals surface area (Å²) in [6.45, 7) is 7.31. The Labute approximate surface area is 121 Å². The van der Waals surface area contributed by atoms with Gasteiger partial charge in [-0.25, -0.2) is 0 Å². The highest BCUT2D eigenvalue weighted by atomic mass is 16.5. The number of nitrogens with zero attached hydrogens (tertiary/aromatic N) is 1. The van der Waals surface area contributed by atoms with E-state index in [4.69, 9.17) is 4.74 Å². The highest BCUT2D eigenvalue weighted by Gasteiger charge is 2.22. The van der Waals surface area contributed by atoms with Crippen LogP contribution in [0.15, 0.2) is 18.2 Å². The number of ether oxygens (including phenoxy) is 1. The van der Waals surface area contributed by atoms with Gasteiger partial charge in [-0.15, -0.1) is 0 Å². The molecule has 0 bridgehead atoms. The average molecular weight is 275 g/mol. The first-order valence-electron chi connectivity index (χ1n) is 7.73. The standard InChI is InChI=1S/C17H25NO2/c1-4-18(5-2)17(19)13(3)20-16-12-8-10-14-9-6-7-11-15(14)16/h8,10,12-13H,4-7,9,11H2,1-3H3/t13-/m0/s1. The Morgan fingerprint density at radius 2 is 1.95 bits per heavy atom. The van der Waals surface area contributed by atoms with Crippen LogP contribution in [-0.4, -0.2) is 30.0 Å². The Balaban J connectivity index is 2.12. The van der Waals surface area contributed by atoms with Gasteiger partial charge < -0.3 is 9.64 Å². The van der Waals surface area contributed by atoms with Gasteiger partial charge in [0.15, 0.2) is 6.10 Å². The van der Waals surface area contributed by atoms with E-state index in [1.54, 1.807) is 0 Å². The molecule has 0 saturated heterocycles. The SMILES string of the molecule is CCN(CC)C(=O)[C@H](C)Oc1cccc2c1CCCC2. The molecule has 1 aromatic rings. The molecule has 2 rings (SSSR count). The van der Waals surface area contributed by atoms with Gasteiger partial charge in [-0.2, -0.15) is 0 Å². The fourth-order valence-electron chi connectivity index (χ4n) is 2.89. The van der Waals surface area contributed by atoms with Crippen molar-refractivity contribution in [1.82, 2.24) is 4.90 Å². The van der Waals surface area contributed by atoms with Crippen LogP contribution in [-0.2, 0) is 17.6 Å². The van der Waals surface area contributed by atoms with Gasteiger partial charge in [0.05, 0.1) is 0 Å². The Bertz CT molecular complexity index is 466. The van der Waals surface area contributed by atoms with Crippen molar-refractivity contribution in [3.63, 3.8) is 0 Å². The lowest BCUT2D eigenvalue weighted by Crippen LogP contribution is -2.40. The van der Waals surface area contributed by atoms with E-state index >= 15 is 0 Å². The molecule has 1 aliphatic rings. The van der Waals surface area contributed by atoms with Gasteiger partial charge in [0, 0.05) is 13.1 Å². The van der Waals surface area contributed by atoms with Crippen molar-refractivity contribution in [2.45, 2.75) is 52.6 Å². The molecule has 110 valence electrons. The summed E-state index contributed by atoms with van der Waals surface area (Å²) in [5.41, 5.74) is 2.69. The molecule has 3 heteroatoms. The van der Waals surface area contributed by atoms with Crippen LogP contribution in [0.2, 0.25) is 0 Å². The molecule has 0 aliphatic heterocycles. The summed E-state index contributed by atoms with van der Waals surface area (Å²) in [5.74, 6) is 0.971. The number of fused-ring (bicyclic) bond motifs is 1. The zero-order valence-corrected chi connectivity index (χ0v) is 12.8. The molecule has 0 spiro atoms.